The van der Waals surface area contributed by atoms with Crippen LogP contribution in [0.1, 0.15) is 38.8 Å². The molecule has 110 valence electrons. The van der Waals surface area contributed by atoms with Crippen molar-refractivity contribution in [2.45, 2.75) is 49.6 Å². The first-order valence-corrected chi connectivity index (χ1v) is 9.54. The maximum atomic E-state index is 6.16. The van der Waals surface area contributed by atoms with Crippen LogP contribution >= 0.6 is 47.8 Å². The molecule has 0 aliphatic carbocycles. The van der Waals surface area contributed by atoms with Crippen molar-refractivity contribution < 1.29 is 9.31 Å². The zero-order valence-corrected chi connectivity index (χ0v) is 16.9. The summed E-state index contributed by atoms with van der Waals surface area (Å²) in [6, 6.07) is 4.28. The number of alkyl halides is 2. The molecule has 0 spiro atoms. The van der Waals surface area contributed by atoms with E-state index in [9.17, 15) is 0 Å². The Morgan fingerprint density at radius 2 is 1.45 bits per heavy atom. The summed E-state index contributed by atoms with van der Waals surface area (Å²) in [5.74, 6) is 0. The lowest BCUT2D eigenvalue weighted by atomic mass is 9.75. The maximum absolute atomic E-state index is 6.16. The SMILES string of the molecule is CC1(C)OB(c2cc(CBr)c(Br)cc2CBr)OC1(C)C. The van der Waals surface area contributed by atoms with E-state index in [1.807, 2.05) is 0 Å². The molecule has 2 nitrogen and oxygen atoms in total. The predicted octanol–water partition coefficient (Wildman–Crippen LogP) is 4.54. The Morgan fingerprint density at radius 3 is 1.90 bits per heavy atom. The number of halogens is 3. The largest absolute Gasteiger partial charge is 0.495 e. The summed E-state index contributed by atoms with van der Waals surface area (Å²) in [5, 5.41) is 1.57. The molecule has 1 heterocycles. The molecule has 1 saturated heterocycles. The third kappa shape index (κ3) is 3.05. The summed E-state index contributed by atoms with van der Waals surface area (Å²) in [6.45, 7) is 8.30. The van der Waals surface area contributed by atoms with Crippen LogP contribution in [0.4, 0.5) is 0 Å². The molecule has 6 heteroatoms. The van der Waals surface area contributed by atoms with E-state index in [0.717, 1.165) is 20.6 Å². The second-order valence-electron chi connectivity index (χ2n) is 6.00. The van der Waals surface area contributed by atoms with E-state index in [2.05, 4.69) is 87.6 Å². The number of hydrogen-bond acceptors (Lipinski definition) is 2. The fourth-order valence-electron chi connectivity index (χ4n) is 2.09. The van der Waals surface area contributed by atoms with Gasteiger partial charge in [0.1, 0.15) is 0 Å². The van der Waals surface area contributed by atoms with E-state index >= 15 is 0 Å². The molecule has 0 atom stereocenters. The highest BCUT2D eigenvalue weighted by Gasteiger charge is 2.52. The van der Waals surface area contributed by atoms with Gasteiger partial charge in [0.15, 0.2) is 0 Å². The van der Waals surface area contributed by atoms with Gasteiger partial charge in [0.2, 0.25) is 0 Å². The fraction of sp³-hybridized carbons (Fsp3) is 0.571. The van der Waals surface area contributed by atoms with Crippen LogP contribution in [0.25, 0.3) is 0 Å². The van der Waals surface area contributed by atoms with Crippen molar-refractivity contribution in [2.75, 3.05) is 0 Å². The molecule has 0 radical (unpaired) electrons. The second kappa shape index (κ2) is 6.03. The molecular weight excluding hydrogens is 451 g/mol. The number of benzene rings is 1. The average Bonchev–Trinajstić information content (AvgIpc) is 2.57. The zero-order valence-electron chi connectivity index (χ0n) is 12.1. The van der Waals surface area contributed by atoms with E-state index in [-0.39, 0.29) is 18.3 Å². The standard InChI is InChI=1S/C14H18BBr3O2/c1-13(2)14(3,4)20-15(19-13)11-5-10(8-17)12(18)6-9(11)7-16/h5-6H,7-8H2,1-4H3. The Kier molecular flexibility index (Phi) is 5.13. The van der Waals surface area contributed by atoms with Gasteiger partial charge >= 0.3 is 7.12 Å². The van der Waals surface area contributed by atoms with E-state index in [1.165, 1.54) is 11.1 Å². The summed E-state index contributed by atoms with van der Waals surface area (Å²) in [5.41, 5.74) is 2.84. The highest BCUT2D eigenvalue weighted by molar-refractivity contribution is 9.10. The highest BCUT2D eigenvalue weighted by atomic mass is 79.9. The smallest absolute Gasteiger partial charge is 0.399 e. The number of rotatable bonds is 3. The average molecular weight is 469 g/mol. The molecule has 1 aliphatic rings. The van der Waals surface area contributed by atoms with Crippen molar-refractivity contribution >= 4 is 60.4 Å². The van der Waals surface area contributed by atoms with Crippen molar-refractivity contribution in [3.8, 4) is 0 Å². The van der Waals surface area contributed by atoms with E-state index in [0.29, 0.717) is 0 Å². The van der Waals surface area contributed by atoms with Crippen LogP contribution in [0.5, 0.6) is 0 Å². The summed E-state index contributed by atoms with van der Waals surface area (Å²) < 4.78 is 13.4. The van der Waals surface area contributed by atoms with Crippen LogP contribution in [0.3, 0.4) is 0 Å². The molecule has 1 aromatic rings. The maximum Gasteiger partial charge on any atom is 0.495 e. The monoisotopic (exact) mass is 466 g/mol. The fourth-order valence-corrected chi connectivity index (χ4v) is 3.94. The van der Waals surface area contributed by atoms with Gasteiger partial charge in [-0.15, -0.1) is 0 Å². The Hall–Kier alpha value is 0.645. The Morgan fingerprint density at radius 1 is 0.950 bits per heavy atom. The molecule has 0 unspecified atom stereocenters. The minimum atomic E-state index is -0.321. The Balaban J connectivity index is 2.43. The first-order valence-electron chi connectivity index (χ1n) is 6.50. The van der Waals surface area contributed by atoms with Crippen LogP contribution in [0.2, 0.25) is 0 Å². The highest BCUT2D eigenvalue weighted by Crippen LogP contribution is 2.37. The quantitative estimate of drug-likeness (QED) is 0.479. The van der Waals surface area contributed by atoms with Crippen LogP contribution in [-0.4, -0.2) is 18.3 Å². The van der Waals surface area contributed by atoms with Crippen molar-refractivity contribution in [2.24, 2.45) is 0 Å². The Labute approximate surface area is 146 Å². The lowest BCUT2D eigenvalue weighted by molar-refractivity contribution is 0.00578. The lowest BCUT2D eigenvalue weighted by Gasteiger charge is -2.32. The first kappa shape index (κ1) is 17.0. The van der Waals surface area contributed by atoms with Gasteiger partial charge in [-0.3, -0.25) is 0 Å². The summed E-state index contributed by atoms with van der Waals surface area (Å²) in [7, 11) is -0.321. The van der Waals surface area contributed by atoms with E-state index in [1.54, 1.807) is 0 Å². The third-order valence-corrected chi connectivity index (χ3v) is 6.05. The van der Waals surface area contributed by atoms with Crippen molar-refractivity contribution in [3.05, 3.63) is 27.7 Å². The first-order chi connectivity index (χ1) is 9.21. The minimum Gasteiger partial charge on any atom is -0.399 e. The number of hydrogen-bond donors (Lipinski definition) is 0. The molecule has 2 rings (SSSR count). The topological polar surface area (TPSA) is 18.5 Å². The molecule has 1 aliphatic heterocycles. The van der Waals surface area contributed by atoms with Crippen molar-refractivity contribution in [1.29, 1.82) is 0 Å². The van der Waals surface area contributed by atoms with Gasteiger partial charge in [0.25, 0.3) is 0 Å². The summed E-state index contributed by atoms with van der Waals surface area (Å²) in [4.78, 5) is 0. The zero-order chi connectivity index (χ0) is 15.1. The summed E-state index contributed by atoms with van der Waals surface area (Å²) >= 11 is 10.7. The Bertz CT molecular complexity index is 501. The molecule has 0 N–H and O–H groups in total. The minimum absolute atomic E-state index is 0.317. The second-order valence-corrected chi connectivity index (χ2v) is 7.97. The van der Waals surface area contributed by atoms with Gasteiger partial charge in [-0.2, -0.15) is 0 Å². The molecule has 0 bridgehead atoms. The van der Waals surface area contributed by atoms with Crippen LogP contribution < -0.4 is 5.46 Å². The molecular formula is C14H18BBr3O2. The van der Waals surface area contributed by atoms with Gasteiger partial charge in [-0.05, 0) is 50.4 Å². The molecule has 1 fully saturated rings. The van der Waals surface area contributed by atoms with Gasteiger partial charge in [-0.25, -0.2) is 0 Å². The predicted molar refractivity (Wildman–Crippen MR) is 95.1 cm³/mol. The van der Waals surface area contributed by atoms with Gasteiger partial charge in [-0.1, -0.05) is 53.9 Å². The molecule has 0 aromatic heterocycles. The van der Waals surface area contributed by atoms with Crippen molar-refractivity contribution in [3.63, 3.8) is 0 Å². The van der Waals surface area contributed by atoms with Crippen molar-refractivity contribution in [1.82, 2.24) is 0 Å². The van der Waals surface area contributed by atoms with E-state index < -0.39 is 0 Å². The third-order valence-electron chi connectivity index (χ3n) is 4.10. The van der Waals surface area contributed by atoms with E-state index in [4.69, 9.17) is 9.31 Å². The summed E-state index contributed by atoms with van der Waals surface area (Å²) in [6.07, 6.45) is 0. The van der Waals surface area contributed by atoms with Gasteiger partial charge in [0, 0.05) is 15.1 Å². The molecule has 0 saturated carbocycles. The van der Waals surface area contributed by atoms with Crippen LogP contribution in [0, 0.1) is 0 Å². The normalized spacial score (nSPS) is 20.4. The van der Waals surface area contributed by atoms with Gasteiger partial charge < -0.3 is 9.31 Å². The van der Waals surface area contributed by atoms with Crippen LogP contribution in [-0.2, 0) is 20.0 Å². The molecule has 0 amide bonds. The lowest BCUT2D eigenvalue weighted by Crippen LogP contribution is -2.41. The molecule has 1 aromatic carbocycles. The molecule has 20 heavy (non-hydrogen) atoms. The van der Waals surface area contributed by atoms with Gasteiger partial charge in [0.05, 0.1) is 11.2 Å². The van der Waals surface area contributed by atoms with Crippen LogP contribution in [0.15, 0.2) is 16.6 Å².